The van der Waals surface area contributed by atoms with Gasteiger partial charge in [0.2, 0.25) is 0 Å². The second-order valence-corrected chi connectivity index (χ2v) is 10.9. The number of rotatable bonds is 11. The van der Waals surface area contributed by atoms with Crippen LogP contribution in [-0.2, 0) is 10.0 Å². The van der Waals surface area contributed by atoms with Gasteiger partial charge in [-0.25, -0.2) is 8.42 Å². The number of aromatic nitrogens is 2. The Kier molecular flexibility index (Phi) is 6.95. The van der Waals surface area contributed by atoms with E-state index in [4.69, 9.17) is 4.74 Å². The minimum Gasteiger partial charge on any atom is -0.492 e. The number of hydrogen-bond acceptors (Lipinski definition) is 6. The first-order chi connectivity index (χ1) is 17.4. The average Bonchev–Trinajstić information content (AvgIpc) is 3.62. The van der Waals surface area contributed by atoms with E-state index in [-0.39, 0.29) is 4.90 Å². The van der Waals surface area contributed by atoms with E-state index in [2.05, 4.69) is 26.3 Å². The molecule has 5 rings (SSSR count). The molecule has 1 saturated carbocycles. The number of aryl methyl sites for hydroxylation is 1. The summed E-state index contributed by atoms with van der Waals surface area (Å²) in [5.41, 5.74) is 4.01. The zero-order valence-electron chi connectivity index (χ0n) is 20.1. The summed E-state index contributed by atoms with van der Waals surface area (Å²) < 4.78 is 33.8. The van der Waals surface area contributed by atoms with E-state index in [1.807, 2.05) is 25.1 Å². The van der Waals surface area contributed by atoms with Gasteiger partial charge >= 0.3 is 0 Å². The van der Waals surface area contributed by atoms with Crippen molar-refractivity contribution in [1.29, 1.82) is 0 Å². The summed E-state index contributed by atoms with van der Waals surface area (Å²) in [4.78, 5) is 0.199. The van der Waals surface area contributed by atoms with Gasteiger partial charge in [-0.15, -0.1) is 0 Å². The highest BCUT2D eigenvalue weighted by Crippen LogP contribution is 2.42. The standard InChI is InChI=1S/C27H30N4O4S/c1-18-4-2-7-23(14-18)36(33,34)31-21-6-3-5-20(15-21)26(32)17-28-12-13-35-22-10-11-24-25(16-22)29-30-27(24)19-8-9-19/h2-7,10-11,14-16,19,26,28,31-32H,8-9,12-13,17H2,1H3,(H,29,30)/t26-/m0/s1. The molecule has 3 aromatic carbocycles. The molecule has 0 bridgehead atoms. The van der Waals surface area contributed by atoms with Gasteiger partial charge in [-0.3, -0.25) is 9.82 Å². The van der Waals surface area contributed by atoms with E-state index >= 15 is 0 Å². The van der Waals surface area contributed by atoms with Gasteiger partial charge in [0.1, 0.15) is 12.4 Å². The first-order valence-electron chi connectivity index (χ1n) is 12.1. The Morgan fingerprint density at radius 2 is 1.94 bits per heavy atom. The first kappa shape index (κ1) is 24.3. The van der Waals surface area contributed by atoms with E-state index in [0.717, 1.165) is 22.2 Å². The van der Waals surface area contributed by atoms with Gasteiger partial charge in [0.05, 0.1) is 16.5 Å². The van der Waals surface area contributed by atoms with Crippen LogP contribution < -0.4 is 14.8 Å². The molecule has 0 saturated heterocycles. The molecule has 1 aromatic heterocycles. The lowest BCUT2D eigenvalue weighted by Crippen LogP contribution is -2.26. The number of H-pyrrole nitrogens is 1. The number of benzene rings is 3. The molecule has 1 fully saturated rings. The Labute approximate surface area is 210 Å². The maximum atomic E-state index is 12.7. The number of hydrogen-bond donors (Lipinski definition) is 4. The fourth-order valence-electron chi connectivity index (χ4n) is 4.19. The van der Waals surface area contributed by atoms with Gasteiger partial charge in [-0.1, -0.05) is 24.3 Å². The molecule has 0 unspecified atom stereocenters. The lowest BCUT2D eigenvalue weighted by molar-refractivity contribution is 0.172. The predicted octanol–water partition coefficient (Wildman–Crippen LogP) is 4.25. The third-order valence-electron chi connectivity index (χ3n) is 6.25. The zero-order chi connectivity index (χ0) is 25.1. The molecule has 188 valence electrons. The van der Waals surface area contributed by atoms with Crippen LogP contribution in [0.25, 0.3) is 10.9 Å². The molecular weight excluding hydrogens is 476 g/mol. The molecular formula is C27H30N4O4S. The lowest BCUT2D eigenvalue weighted by Gasteiger charge is -2.15. The van der Waals surface area contributed by atoms with Gasteiger partial charge in [0, 0.05) is 41.8 Å². The summed E-state index contributed by atoms with van der Waals surface area (Å²) in [6.45, 7) is 3.13. The molecule has 8 nitrogen and oxygen atoms in total. The number of nitrogens with zero attached hydrogens (tertiary/aromatic N) is 1. The van der Waals surface area contributed by atoms with Crippen LogP contribution in [0.1, 0.15) is 41.7 Å². The molecule has 4 N–H and O–H groups in total. The normalized spacial score (nSPS) is 14.6. The molecule has 1 heterocycles. The van der Waals surface area contributed by atoms with Crippen molar-refractivity contribution in [1.82, 2.24) is 15.5 Å². The highest BCUT2D eigenvalue weighted by atomic mass is 32.2. The van der Waals surface area contributed by atoms with E-state index in [1.54, 1.807) is 42.5 Å². The maximum Gasteiger partial charge on any atom is 0.261 e. The quantitative estimate of drug-likeness (QED) is 0.226. The summed E-state index contributed by atoms with van der Waals surface area (Å²) in [6, 6.07) is 19.5. The molecule has 0 radical (unpaired) electrons. The Balaban J connectivity index is 1.10. The van der Waals surface area contributed by atoms with Crippen LogP contribution in [-0.4, -0.2) is 43.4 Å². The number of anilines is 1. The molecule has 0 amide bonds. The number of sulfonamides is 1. The van der Waals surface area contributed by atoms with Crippen LogP contribution in [0, 0.1) is 6.92 Å². The monoisotopic (exact) mass is 506 g/mol. The van der Waals surface area contributed by atoms with Crippen molar-refractivity contribution in [3.63, 3.8) is 0 Å². The van der Waals surface area contributed by atoms with Crippen LogP contribution in [0.15, 0.2) is 71.6 Å². The van der Waals surface area contributed by atoms with E-state index < -0.39 is 16.1 Å². The Morgan fingerprint density at radius 3 is 2.75 bits per heavy atom. The van der Waals surface area contributed by atoms with Crippen LogP contribution in [0.3, 0.4) is 0 Å². The van der Waals surface area contributed by atoms with Gasteiger partial charge in [0.25, 0.3) is 10.0 Å². The van der Waals surface area contributed by atoms with Crippen molar-refractivity contribution in [3.05, 3.63) is 83.6 Å². The molecule has 36 heavy (non-hydrogen) atoms. The summed E-state index contributed by atoms with van der Waals surface area (Å²) in [5, 5.41) is 22.5. The van der Waals surface area contributed by atoms with Crippen LogP contribution in [0.4, 0.5) is 5.69 Å². The minimum absolute atomic E-state index is 0.199. The number of ether oxygens (including phenoxy) is 1. The molecule has 9 heteroatoms. The Hall–Kier alpha value is -3.40. The largest absolute Gasteiger partial charge is 0.492 e. The summed E-state index contributed by atoms with van der Waals surface area (Å²) in [6.07, 6.45) is 1.65. The molecule has 1 aliphatic carbocycles. The van der Waals surface area contributed by atoms with Gasteiger partial charge < -0.3 is 15.2 Å². The van der Waals surface area contributed by atoms with Gasteiger partial charge in [0.15, 0.2) is 0 Å². The molecule has 4 aromatic rings. The minimum atomic E-state index is -3.71. The number of nitrogens with one attached hydrogen (secondary N) is 3. The van der Waals surface area contributed by atoms with E-state index in [0.29, 0.717) is 36.9 Å². The van der Waals surface area contributed by atoms with E-state index in [9.17, 15) is 13.5 Å². The summed E-state index contributed by atoms with van der Waals surface area (Å²) in [5.74, 6) is 1.37. The van der Waals surface area contributed by atoms with Crippen LogP contribution in [0.2, 0.25) is 0 Å². The van der Waals surface area contributed by atoms with Gasteiger partial charge in [-0.2, -0.15) is 5.10 Å². The number of fused-ring (bicyclic) bond motifs is 1. The number of aliphatic hydroxyl groups is 1. The molecule has 0 spiro atoms. The Morgan fingerprint density at radius 1 is 1.11 bits per heavy atom. The first-order valence-corrected chi connectivity index (χ1v) is 13.6. The smallest absolute Gasteiger partial charge is 0.261 e. The van der Waals surface area contributed by atoms with Crippen LogP contribution >= 0.6 is 0 Å². The van der Waals surface area contributed by atoms with Crippen molar-refractivity contribution in [2.24, 2.45) is 0 Å². The maximum absolute atomic E-state index is 12.7. The van der Waals surface area contributed by atoms with Crippen molar-refractivity contribution < 1.29 is 18.3 Å². The van der Waals surface area contributed by atoms with Crippen molar-refractivity contribution in [3.8, 4) is 5.75 Å². The molecule has 1 atom stereocenters. The van der Waals surface area contributed by atoms with Crippen molar-refractivity contribution in [2.45, 2.75) is 36.7 Å². The van der Waals surface area contributed by atoms with Gasteiger partial charge in [-0.05, 0) is 67.3 Å². The second kappa shape index (κ2) is 10.3. The third-order valence-corrected chi connectivity index (χ3v) is 7.63. The lowest BCUT2D eigenvalue weighted by atomic mass is 10.1. The van der Waals surface area contributed by atoms with Crippen molar-refractivity contribution >= 4 is 26.6 Å². The van der Waals surface area contributed by atoms with E-state index in [1.165, 1.54) is 18.5 Å². The Bertz CT molecular complexity index is 1460. The predicted molar refractivity (Wildman–Crippen MR) is 140 cm³/mol. The summed E-state index contributed by atoms with van der Waals surface area (Å²) in [7, 11) is -3.71. The topological polar surface area (TPSA) is 116 Å². The SMILES string of the molecule is Cc1cccc(S(=O)(=O)Nc2cccc([C@@H](O)CNCCOc3ccc4c(C5CC5)[nH]nc4c3)c2)c1. The zero-order valence-corrected chi connectivity index (χ0v) is 20.9. The van der Waals surface area contributed by atoms with Crippen molar-refractivity contribution in [2.75, 3.05) is 24.4 Å². The fraction of sp³-hybridized carbons (Fsp3) is 0.296. The number of aliphatic hydroxyl groups excluding tert-OH is 1. The average molecular weight is 507 g/mol. The fourth-order valence-corrected chi connectivity index (χ4v) is 5.34. The third kappa shape index (κ3) is 5.70. The highest BCUT2D eigenvalue weighted by molar-refractivity contribution is 7.92. The number of aromatic amines is 1. The molecule has 0 aliphatic heterocycles. The highest BCUT2D eigenvalue weighted by Gasteiger charge is 2.27. The molecule has 1 aliphatic rings. The second-order valence-electron chi connectivity index (χ2n) is 9.21. The summed E-state index contributed by atoms with van der Waals surface area (Å²) >= 11 is 0. The van der Waals surface area contributed by atoms with Crippen LogP contribution in [0.5, 0.6) is 5.75 Å².